The molecule has 0 aliphatic heterocycles. The Labute approximate surface area is 94.9 Å². The molecule has 0 spiro atoms. The van der Waals surface area contributed by atoms with Crippen LogP contribution in [-0.4, -0.2) is 10.9 Å². The molecule has 1 heterocycles. The van der Waals surface area contributed by atoms with E-state index < -0.39 is 0 Å². The Morgan fingerprint density at radius 1 is 1.38 bits per heavy atom. The molecule has 1 fully saturated rings. The molecular formula is C14H15NO. The summed E-state index contributed by atoms with van der Waals surface area (Å²) >= 11 is 0. The van der Waals surface area contributed by atoms with Crippen LogP contribution in [0.25, 0.3) is 10.9 Å². The maximum atomic E-state index is 11.2. The smallest absolute Gasteiger partial charge is 0.127 e. The fourth-order valence-corrected chi connectivity index (χ4v) is 2.53. The second-order valence-corrected chi connectivity index (χ2v) is 4.71. The fraction of sp³-hybridized carbons (Fsp3) is 0.357. The number of rotatable bonds is 3. The zero-order valence-electron chi connectivity index (χ0n) is 9.39. The number of carbonyl (C=O) groups excluding carboxylic acids is 1. The van der Waals surface area contributed by atoms with Crippen LogP contribution in [0.5, 0.6) is 0 Å². The van der Waals surface area contributed by atoms with Crippen molar-refractivity contribution >= 4 is 17.2 Å². The first-order valence-electron chi connectivity index (χ1n) is 5.80. The van der Waals surface area contributed by atoms with Gasteiger partial charge in [0.25, 0.3) is 0 Å². The van der Waals surface area contributed by atoms with Crippen molar-refractivity contribution in [2.24, 2.45) is 13.0 Å². The van der Waals surface area contributed by atoms with Gasteiger partial charge in [-0.1, -0.05) is 18.2 Å². The van der Waals surface area contributed by atoms with Gasteiger partial charge in [0.2, 0.25) is 0 Å². The summed E-state index contributed by atoms with van der Waals surface area (Å²) in [4.78, 5) is 11.2. The number of aromatic nitrogens is 1. The van der Waals surface area contributed by atoms with Crippen molar-refractivity contribution in [1.29, 1.82) is 0 Å². The molecule has 3 rings (SSSR count). The van der Waals surface area contributed by atoms with Gasteiger partial charge >= 0.3 is 0 Å². The van der Waals surface area contributed by atoms with E-state index in [0.29, 0.717) is 5.92 Å². The molecule has 1 aliphatic carbocycles. The molecule has 0 N–H and O–H groups in total. The van der Waals surface area contributed by atoms with Crippen LogP contribution >= 0.6 is 0 Å². The van der Waals surface area contributed by atoms with Gasteiger partial charge in [-0.05, 0) is 30.4 Å². The zero-order chi connectivity index (χ0) is 11.1. The van der Waals surface area contributed by atoms with Crippen LogP contribution in [0.3, 0.4) is 0 Å². The lowest BCUT2D eigenvalue weighted by Crippen LogP contribution is -2.01. The number of aryl methyl sites for hydroxylation is 1. The Morgan fingerprint density at radius 2 is 2.12 bits per heavy atom. The van der Waals surface area contributed by atoms with Crippen molar-refractivity contribution in [2.75, 3.05) is 0 Å². The number of hydrogen-bond donors (Lipinski definition) is 0. The van der Waals surface area contributed by atoms with Crippen LogP contribution in [0.2, 0.25) is 0 Å². The molecule has 0 saturated heterocycles. The van der Waals surface area contributed by atoms with Crippen LogP contribution in [0, 0.1) is 5.92 Å². The summed E-state index contributed by atoms with van der Waals surface area (Å²) in [6.45, 7) is 0. The minimum absolute atomic E-state index is 0.103. The molecule has 1 aliphatic rings. The monoisotopic (exact) mass is 213 g/mol. The fourth-order valence-electron chi connectivity index (χ4n) is 2.53. The largest absolute Gasteiger partial charge is 0.350 e. The average molecular weight is 213 g/mol. The maximum absolute atomic E-state index is 11.2. The van der Waals surface area contributed by atoms with E-state index in [1.54, 1.807) is 0 Å². The molecule has 1 aromatic heterocycles. The van der Waals surface area contributed by atoms with Gasteiger partial charge in [-0.25, -0.2) is 0 Å². The molecule has 1 saturated carbocycles. The molecule has 1 atom stereocenters. The summed E-state index contributed by atoms with van der Waals surface area (Å²) in [5, 5.41) is 1.23. The molecular weight excluding hydrogens is 198 g/mol. The van der Waals surface area contributed by atoms with Crippen molar-refractivity contribution < 1.29 is 4.79 Å². The summed E-state index contributed by atoms with van der Waals surface area (Å²) in [5.41, 5.74) is 2.42. The van der Waals surface area contributed by atoms with Gasteiger partial charge in [0.05, 0.1) is 0 Å². The van der Waals surface area contributed by atoms with Crippen LogP contribution < -0.4 is 0 Å². The highest BCUT2D eigenvalue weighted by atomic mass is 16.1. The first kappa shape index (κ1) is 9.64. The minimum atomic E-state index is 0.103. The van der Waals surface area contributed by atoms with Crippen molar-refractivity contribution in [3.05, 3.63) is 36.0 Å². The van der Waals surface area contributed by atoms with E-state index in [4.69, 9.17) is 0 Å². The Morgan fingerprint density at radius 3 is 2.81 bits per heavy atom. The minimum Gasteiger partial charge on any atom is -0.350 e. The maximum Gasteiger partial charge on any atom is 0.127 e. The summed E-state index contributed by atoms with van der Waals surface area (Å²) in [5.74, 6) is 0.689. The van der Waals surface area contributed by atoms with E-state index >= 15 is 0 Å². The molecule has 2 aromatic rings. The summed E-state index contributed by atoms with van der Waals surface area (Å²) in [6, 6.07) is 8.30. The normalized spacial score (nSPS) is 17.6. The van der Waals surface area contributed by atoms with Crippen molar-refractivity contribution in [2.45, 2.75) is 18.8 Å². The first-order chi connectivity index (χ1) is 7.81. The number of aldehydes is 1. The second-order valence-electron chi connectivity index (χ2n) is 4.71. The number of fused-ring (bicyclic) bond motifs is 1. The van der Waals surface area contributed by atoms with E-state index in [-0.39, 0.29) is 5.92 Å². The zero-order valence-corrected chi connectivity index (χ0v) is 9.39. The summed E-state index contributed by atoms with van der Waals surface area (Å²) < 4.78 is 2.11. The molecule has 0 radical (unpaired) electrons. The Hall–Kier alpha value is -1.57. The molecule has 1 unspecified atom stereocenters. The molecule has 82 valence electrons. The van der Waals surface area contributed by atoms with Gasteiger partial charge in [-0.15, -0.1) is 0 Å². The highest BCUT2D eigenvalue weighted by molar-refractivity contribution is 5.87. The van der Waals surface area contributed by atoms with E-state index in [0.717, 1.165) is 6.29 Å². The third-order valence-corrected chi connectivity index (χ3v) is 3.56. The van der Waals surface area contributed by atoms with Crippen molar-refractivity contribution in [1.82, 2.24) is 4.57 Å². The predicted molar refractivity (Wildman–Crippen MR) is 64.4 cm³/mol. The van der Waals surface area contributed by atoms with Gasteiger partial charge in [0.1, 0.15) is 6.29 Å². The number of nitrogens with zero attached hydrogens (tertiary/aromatic N) is 1. The summed E-state index contributed by atoms with van der Waals surface area (Å²) in [7, 11) is 2.04. The van der Waals surface area contributed by atoms with Gasteiger partial charge in [-0.3, -0.25) is 0 Å². The number of carbonyl (C=O) groups is 1. The highest BCUT2D eigenvalue weighted by Crippen LogP contribution is 2.43. The quantitative estimate of drug-likeness (QED) is 0.718. The second kappa shape index (κ2) is 3.48. The molecule has 16 heavy (non-hydrogen) atoms. The van der Waals surface area contributed by atoms with E-state index in [9.17, 15) is 4.79 Å². The Balaban J connectivity index is 2.18. The van der Waals surface area contributed by atoms with Gasteiger partial charge in [-0.2, -0.15) is 0 Å². The lowest BCUT2D eigenvalue weighted by atomic mass is 9.95. The summed E-state index contributed by atoms with van der Waals surface area (Å²) in [6.07, 6.45) is 5.64. The van der Waals surface area contributed by atoms with Crippen LogP contribution in [0.4, 0.5) is 0 Å². The third-order valence-electron chi connectivity index (χ3n) is 3.56. The topological polar surface area (TPSA) is 22.0 Å². The average Bonchev–Trinajstić information content (AvgIpc) is 3.08. The van der Waals surface area contributed by atoms with Crippen LogP contribution in [-0.2, 0) is 11.8 Å². The third kappa shape index (κ3) is 1.37. The Bertz CT molecular complexity index is 537. The molecule has 0 bridgehead atoms. The van der Waals surface area contributed by atoms with Crippen LogP contribution in [0.15, 0.2) is 30.5 Å². The number of hydrogen-bond acceptors (Lipinski definition) is 1. The first-order valence-corrected chi connectivity index (χ1v) is 5.80. The van der Waals surface area contributed by atoms with Gasteiger partial charge in [0.15, 0.2) is 0 Å². The van der Waals surface area contributed by atoms with E-state index in [1.165, 1.54) is 29.3 Å². The predicted octanol–water partition coefficient (Wildman–Crippen LogP) is 2.87. The van der Waals surface area contributed by atoms with Crippen molar-refractivity contribution in [3.63, 3.8) is 0 Å². The highest BCUT2D eigenvalue weighted by Gasteiger charge is 2.33. The lowest BCUT2D eigenvalue weighted by molar-refractivity contribution is -0.109. The number of benzene rings is 1. The Kier molecular flexibility index (Phi) is 2.10. The molecule has 1 aromatic carbocycles. The lowest BCUT2D eigenvalue weighted by Gasteiger charge is -2.06. The van der Waals surface area contributed by atoms with Crippen molar-refractivity contribution in [3.8, 4) is 0 Å². The van der Waals surface area contributed by atoms with Crippen LogP contribution in [0.1, 0.15) is 24.3 Å². The SMILES string of the molecule is Cn1cc(C(C=O)C2CC2)c2ccccc21. The van der Waals surface area contributed by atoms with Gasteiger partial charge in [0, 0.05) is 30.1 Å². The molecule has 2 heteroatoms. The standard InChI is InChI=1S/C14H15NO/c1-15-8-12(13(9-16)10-6-7-10)11-4-2-3-5-14(11)15/h2-5,8-10,13H,6-7H2,1H3. The van der Waals surface area contributed by atoms with E-state index in [1.807, 2.05) is 19.2 Å². The van der Waals surface area contributed by atoms with E-state index in [2.05, 4.69) is 22.9 Å². The molecule has 2 nitrogen and oxygen atoms in total. The van der Waals surface area contributed by atoms with Gasteiger partial charge < -0.3 is 9.36 Å². The molecule has 0 amide bonds. The number of para-hydroxylation sites is 1.